The van der Waals surface area contributed by atoms with Gasteiger partial charge in [0.05, 0.1) is 12.0 Å². The predicted molar refractivity (Wildman–Crippen MR) is 64.2 cm³/mol. The Bertz CT molecular complexity index is 237. The molecule has 1 unspecified atom stereocenters. The van der Waals surface area contributed by atoms with E-state index in [2.05, 4.69) is 10.6 Å². The van der Waals surface area contributed by atoms with Gasteiger partial charge in [0.1, 0.15) is 0 Å². The molecule has 1 atom stereocenters. The summed E-state index contributed by atoms with van der Waals surface area (Å²) in [7, 11) is 3.40. The largest absolute Gasteiger partial charge is 0.383 e. The van der Waals surface area contributed by atoms with Gasteiger partial charge < -0.3 is 15.4 Å². The van der Waals surface area contributed by atoms with Crippen molar-refractivity contribution in [2.75, 3.05) is 27.3 Å². The normalized spacial score (nSPS) is 18.2. The fraction of sp³-hybridized carbons (Fsp3) is 0.917. The lowest BCUT2D eigenvalue weighted by Crippen LogP contribution is -2.46. The molecule has 16 heavy (non-hydrogen) atoms. The van der Waals surface area contributed by atoms with Crippen LogP contribution < -0.4 is 10.6 Å². The third kappa shape index (κ3) is 3.76. The SMILES string of the molecule is CNC(=O)C(C)(C)CNC(COC)C1CC1. The Balaban J connectivity index is 2.38. The van der Waals surface area contributed by atoms with E-state index >= 15 is 0 Å². The van der Waals surface area contributed by atoms with Crippen molar-refractivity contribution in [2.24, 2.45) is 11.3 Å². The fourth-order valence-electron chi connectivity index (χ4n) is 1.84. The average molecular weight is 228 g/mol. The quantitative estimate of drug-likeness (QED) is 0.677. The van der Waals surface area contributed by atoms with E-state index < -0.39 is 0 Å². The first kappa shape index (κ1) is 13.5. The van der Waals surface area contributed by atoms with Gasteiger partial charge in [0.2, 0.25) is 5.91 Å². The molecule has 1 amide bonds. The number of amides is 1. The zero-order valence-electron chi connectivity index (χ0n) is 10.8. The summed E-state index contributed by atoms with van der Waals surface area (Å²) in [6, 6.07) is 0.397. The van der Waals surface area contributed by atoms with E-state index in [-0.39, 0.29) is 11.3 Å². The molecule has 0 aromatic heterocycles. The number of ether oxygens (including phenoxy) is 1. The number of rotatable bonds is 7. The maximum absolute atomic E-state index is 11.6. The predicted octanol–water partition coefficient (Wildman–Crippen LogP) is 0.773. The summed E-state index contributed by atoms with van der Waals surface area (Å²) < 4.78 is 5.19. The molecular weight excluding hydrogens is 204 g/mol. The summed E-state index contributed by atoms with van der Waals surface area (Å²) in [5, 5.41) is 6.15. The molecule has 1 aliphatic carbocycles. The van der Waals surface area contributed by atoms with Crippen LogP contribution in [0.15, 0.2) is 0 Å². The highest BCUT2D eigenvalue weighted by atomic mass is 16.5. The monoisotopic (exact) mass is 228 g/mol. The van der Waals surface area contributed by atoms with E-state index in [9.17, 15) is 4.79 Å². The maximum Gasteiger partial charge on any atom is 0.226 e. The first-order valence-electron chi connectivity index (χ1n) is 5.95. The lowest BCUT2D eigenvalue weighted by atomic mass is 9.92. The minimum atomic E-state index is -0.365. The van der Waals surface area contributed by atoms with Crippen LogP contribution in [-0.2, 0) is 9.53 Å². The zero-order chi connectivity index (χ0) is 12.2. The van der Waals surface area contributed by atoms with Crippen LogP contribution in [-0.4, -0.2) is 39.3 Å². The van der Waals surface area contributed by atoms with Crippen LogP contribution in [0.2, 0.25) is 0 Å². The van der Waals surface area contributed by atoms with Crippen molar-refractivity contribution in [3.05, 3.63) is 0 Å². The van der Waals surface area contributed by atoms with Crippen LogP contribution in [0.5, 0.6) is 0 Å². The third-order valence-electron chi connectivity index (χ3n) is 3.19. The number of nitrogens with one attached hydrogen (secondary N) is 2. The van der Waals surface area contributed by atoms with Crippen LogP contribution >= 0.6 is 0 Å². The van der Waals surface area contributed by atoms with Gasteiger partial charge in [0.25, 0.3) is 0 Å². The molecule has 94 valence electrons. The maximum atomic E-state index is 11.6. The molecule has 0 aliphatic heterocycles. The Labute approximate surface area is 98.1 Å². The molecule has 1 rings (SSSR count). The second kappa shape index (κ2) is 5.64. The zero-order valence-corrected chi connectivity index (χ0v) is 10.8. The van der Waals surface area contributed by atoms with Gasteiger partial charge >= 0.3 is 0 Å². The van der Waals surface area contributed by atoms with Crippen LogP contribution in [0, 0.1) is 11.3 Å². The molecule has 0 aromatic rings. The van der Waals surface area contributed by atoms with E-state index in [0.717, 1.165) is 12.5 Å². The minimum absolute atomic E-state index is 0.0759. The van der Waals surface area contributed by atoms with Crippen LogP contribution in [0.1, 0.15) is 26.7 Å². The number of hydrogen-bond donors (Lipinski definition) is 2. The molecule has 1 fully saturated rings. The van der Waals surface area contributed by atoms with Crippen molar-refractivity contribution < 1.29 is 9.53 Å². The second-order valence-corrected chi connectivity index (χ2v) is 5.24. The number of hydrogen-bond acceptors (Lipinski definition) is 3. The fourth-order valence-corrected chi connectivity index (χ4v) is 1.84. The van der Waals surface area contributed by atoms with Crippen LogP contribution in [0.25, 0.3) is 0 Å². The molecule has 1 saturated carbocycles. The van der Waals surface area contributed by atoms with Gasteiger partial charge in [0.15, 0.2) is 0 Å². The minimum Gasteiger partial charge on any atom is -0.383 e. The Morgan fingerprint density at radius 3 is 2.56 bits per heavy atom. The molecular formula is C12H24N2O2. The van der Waals surface area contributed by atoms with Crippen LogP contribution in [0.3, 0.4) is 0 Å². The molecule has 0 aromatic carbocycles. The van der Waals surface area contributed by atoms with E-state index in [4.69, 9.17) is 4.74 Å². The van der Waals surface area contributed by atoms with Crippen molar-refractivity contribution in [1.29, 1.82) is 0 Å². The van der Waals surface area contributed by atoms with Gasteiger partial charge in [0, 0.05) is 26.7 Å². The summed E-state index contributed by atoms with van der Waals surface area (Å²) in [6.45, 7) is 5.33. The van der Waals surface area contributed by atoms with Gasteiger partial charge in [-0.1, -0.05) is 0 Å². The van der Waals surface area contributed by atoms with Gasteiger partial charge in [-0.3, -0.25) is 4.79 Å². The highest BCUT2D eigenvalue weighted by Gasteiger charge is 2.33. The first-order chi connectivity index (χ1) is 7.51. The molecule has 4 nitrogen and oxygen atoms in total. The third-order valence-corrected chi connectivity index (χ3v) is 3.19. The Morgan fingerprint density at radius 1 is 1.50 bits per heavy atom. The summed E-state index contributed by atoms with van der Waals surface area (Å²) in [6.07, 6.45) is 2.56. The number of methoxy groups -OCH3 is 1. The Kier molecular flexibility index (Phi) is 4.74. The van der Waals surface area contributed by atoms with Gasteiger partial charge in [-0.2, -0.15) is 0 Å². The highest BCUT2D eigenvalue weighted by Crippen LogP contribution is 2.33. The first-order valence-corrected chi connectivity index (χ1v) is 5.95. The Morgan fingerprint density at radius 2 is 2.12 bits per heavy atom. The van der Waals surface area contributed by atoms with E-state index in [0.29, 0.717) is 12.6 Å². The number of carbonyl (C=O) groups is 1. The van der Waals surface area contributed by atoms with Crippen molar-refractivity contribution in [3.63, 3.8) is 0 Å². The molecule has 0 bridgehead atoms. The highest BCUT2D eigenvalue weighted by molar-refractivity contribution is 5.81. The summed E-state index contributed by atoms with van der Waals surface area (Å²) in [4.78, 5) is 11.6. The summed E-state index contributed by atoms with van der Waals surface area (Å²) in [5.74, 6) is 0.812. The lowest BCUT2D eigenvalue weighted by molar-refractivity contribution is -0.128. The molecule has 0 radical (unpaired) electrons. The average Bonchev–Trinajstić information content (AvgIpc) is 3.06. The molecule has 0 heterocycles. The molecule has 0 saturated heterocycles. The second-order valence-electron chi connectivity index (χ2n) is 5.24. The Hall–Kier alpha value is -0.610. The van der Waals surface area contributed by atoms with Crippen molar-refractivity contribution in [1.82, 2.24) is 10.6 Å². The molecule has 2 N–H and O–H groups in total. The lowest BCUT2D eigenvalue weighted by Gasteiger charge is -2.26. The molecule has 4 heteroatoms. The summed E-state index contributed by atoms with van der Waals surface area (Å²) in [5.41, 5.74) is -0.365. The van der Waals surface area contributed by atoms with Gasteiger partial charge in [-0.25, -0.2) is 0 Å². The smallest absolute Gasteiger partial charge is 0.226 e. The van der Waals surface area contributed by atoms with Gasteiger partial charge in [-0.15, -0.1) is 0 Å². The van der Waals surface area contributed by atoms with Gasteiger partial charge in [-0.05, 0) is 32.6 Å². The van der Waals surface area contributed by atoms with E-state index in [1.165, 1.54) is 12.8 Å². The summed E-state index contributed by atoms with van der Waals surface area (Å²) >= 11 is 0. The van der Waals surface area contributed by atoms with Crippen molar-refractivity contribution in [3.8, 4) is 0 Å². The molecule has 1 aliphatic rings. The van der Waals surface area contributed by atoms with Crippen LogP contribution in [0.4, 0.5) is 0 Å². The topological polar surface area (TPSA) is 50.4 Å². The standard InChI is InChI=1S/C12H24N2O2/c1-12(2,11(15)13-3)8-14-10(7-16-4)9-5-6-9/h9-10,14H,5-8H2,1-4H3,(H,13,15). The van der Waals surface area contributed by atoms with E-state index in [1.54, 1.807) is 14.2 Å². The number of carbonyl (C=O) groups excluding carboxylic acids is 1. The van der Waals surface area contributed by atoms with Crippen molar-refractivity contribution >= 4 is 5.91 Å². The molecule has 0 spiro atoms. The van der Waals surface area contributed by atoms with Crippen molar-refractivity contribution in [2.45, 2.75) is 32.7 Å². The van der Waals surface area contributed by atoms with E-state index in [1.807, 2.05) is 13.8 Å².